The summed E-state index contributed by atoms with van der Waals surface area (Å²) in [4.78, 5) is 0. The van der Waals surface area contributed by atoms with E-state index in [1.165, 1.54) is 0 Å². The van der Waals surface area contributed by atoms with Gasteiger partial charge in [0.15, 0.2) is 11.5 Å². The van der Waals surface area contributed by atoms with Crippen LogP contribution in [-0.4, -0.2) is 20.3 Å². The first kappa shape index (κ1) is 8.51. The number of methoxy groups -OCH3 is 1. The summed E-state index contributed by atoms with van der Waals surface area (Å²) in [5.41, 5.74) is 0. The molecule has 1 aromatic rings. The van der Waals surface area contributed by atoms with Gasteiger partial charge in [-0.15, -0.1) is 0 Å². The number of hydrogen-bond donors (Lipinski definition) is 0. The van der Waals surface area contributed by atoms with Gasteiger partial charge in [-0.25, -0.2) is 0 Å². The predicted molar refractivity (Wildman–Crippen MR) is 49.0 cm³/mol. The zero-order valence-electron chi connectivity index (χ0n) is 7.17. The third-order valence-corrected chi connectivity index (χ3v) is 2.12. The maximum absolute atomic E-state index is 5.91. The molecule has 13 heavy (non-hydrogen) atoms. The van der Waals surface area contributed by atoms with Crippen molar-refractivity contribution in [2.45, 2.75) is 0 Å². The molecule has 1 heterocycles. The van der Waals surface area contributed by atoms with Crippen LogP contribution in [0.1, 0.15) is 0 Å². The second kappa shape index (κ2) is 3.34. The van der Waals surface area contributed by atoms with E-state index in [1.54, 1.807) is 19.2 Å². The highest BCUT2D eigenvalue weighted by atomic mass is 35.5. The Kier molecular flexibility index (Phi) is 2.19. The fourth-order valence-electron chi connectivity index (χ4n) is 1.24. The molecular weight excluding hydrogens is 192 g/mol. The summed E-state index contributed by atoms with van der Waals surface area (Å²) >= 11 is 5.91. The summed E-state index contributed by atoms with van der Waals surface area (Å²) in [5, 5.41) is 0.551. The van der Waals surface area contributed by atoms with Crippen molar-refractivity contribution < 1.29 is 14.2 Å². The molecule has 0 bridgehead atoms. The second-order valence-electron chi connectivity index (χ2n) is 2.60. The lowest BCUT2D eigenvalue weighted by atomic mass is 10.3. The fourth-order valence-corrected chi connectivity index (χ4v) is 1.44. The lowest BCUT2D eigenvalue weighted by Crippen LogP contribution is -2.16. The highest BCUT2D eigenvalue weighted by Crippen LogP contribution is 2.43. The molecule has 1 aliphatic rings. The fraction of sp³-hybridized carbons (Fsp3) is 0.333. The molecule has 70 valence electrons. The normalized spacial score (nSPS) is 14.0. The first-order valence-electron chi connectivity index (χ1n) is 3.95. The predicted octanol–water partition coefficient (Wildman–Crippen LogP) is 2.12. The SMILES string of the molecule is COc1ccc(Cl)c2c1OCCO2. The molecule has 0 radical (unpaired) electrons. The van der Waals surface area contributed by atoms with Gasteiger partial charge in [-0.1, -0.05) is 11.6 Å². The maximum Gasteiger partial charge on any atom is 0.205 e. The smallest absolute Gasteiger partial charge is 0.205 e. The lowest BCUT2D eigenvalue weighted by Gasteiger charge is -2.20. The van der Waals surface area contributed by atoms with E-state index in [2.05, 4.69) is 0 Å². The van der Waals surface area contributed by atoms with Gasteiger partial charge >= 0.3 is 0 Å². The molecule has 0 fully saturated rings. The molecule has 4 heteroatoms. The Bertz CT molecular complexity index is 325. The van der Waals surface area contributed by atoms with Crippen LogP contribution in [-0.2, 0) is 0 Å². The van der Waals surface area contributed by atoms with Crippen molar-refractivity contribution in [2.24, 2.45) is 0 Å². The van der Waals surface area contributed by atoms with Crippen molar-refractivity contribution in [3.8, 4) is 17.2 Å². The number of rotatable bonds is 1. The molecule has 1 aliphatic heterocycles. The molecular formula is C9H9ClO3. The van der Waals surface area contributed by atoms with Crippen molar-refractivity contribution in [3.05, 3.63) is 17.2 Å². The van der Waals surface area contributed by atoms with Gasteiger partial charge in [0.25, 0.3) is 0 Å². The Labute approximate surface area is 81.2 Å². The molecule has 0 spiro atoms. The molecule has 2 rings (SSSR count). The highest BCUT2D eigenvalue weighted by Gasteiger charge is 2.19. The molecule has 0 saturated heterocycles. The number of halogens is 1. The first-order valence-corrected chi connectivity index (χ1v) is 4.33. The molecule has 0 aliphatic carbocycles. The van der Waals surface area contributed by atoms with Crippen LogP contribution >= 0.6 is 11.6 Å². The average Bonchev–Trinajstić information content (AvgIpc) is 2.19. The summed E-state index contributed by atoms with van der Waals surface area (Å²) in [7, 11) is 1.58. The zero-order valence-corrected chi connectivity index (χ0v) is 7.93. The molecule has 0 amide bonds. The van der Waals surface area contributed by atoms with Crippen LogP contribution in [0.5, 0.6) is 17.2 Å². The van der Waals surface area contributed by atoms with E-state index in [4.69, 9.17) is 25.8 Å². The first-order chi connectivity index (χ1) is 6.33. The second-order valence-corrected chi connectivity index (χ2v) is 3.01. The topological polar surface area (TPSA) is 27.7 Å². The number of ether oxygens (including phenoxy) is 3. The van der Waals surface area contributed by atoms with E-state index in [0.717, 1.165) is 0 Å². The van der Waals surface area contributed by atoms with Gasteiger partial charge in [-0.2, -0.15) is 0 Å². The van der Waals surface area contributed by atoms with E-state index in [0.29, 0.717) is 35.5 Å². The Morgan fingerprint density at radius 2 is 1.92 bits per heavy atom. The monoisotopic (exact) mass is 200 g/mol. The Morgan fingerprint density at radius 3 is 2.62 bits per heavy atom. The average molecular weight is 201 g/mol. The summed E-state index contributed by atoms with van der Waals surface area (Å²) in [6, 6.07) is 3.49. The van der Waals surface area contributed by atoms with Crippen molar-refractivity contribution >= 4 is 11.6 Å². The van der Waals surface area contributed by atoms with Gasteiger partial charge in [0, 0.05) is 0 Å². The molecule has 3 nitrogen and oxygen atoms in total. The van der Waals surface area contributed by atoms with E-state index in [1.807, 2.05) is 0 Å². The third kappa shape index (κ3) is 1.40. The molecule has 0 atom stereocenters. The van der Waals surface area contributed by atoms with Gasteiger partial charge in [0.2, 0.25) is 5.75 Å². The van der Waals surface area contributed by atoms with Crippen LogP contribution in [0.2, 0.25) is 5.02 Å². The van der Waals surface area contributed by atoms with Gasteiger partial charge in [0.1, 0.15) is 13.2 Å². The van der Waals surface area contributed by atoms with E-state index >= 15 is 0 Å². The van der Waals surface area contributed by atoms with Gasteiger partial charge in [-0.05, 0) is 12.1 Å². The summed E-state index contributed by atoms with van der Waals surface area (Å²) in [6.07, 6.45) is 0. The third-order valence-electron chi connectivity index (χ3n) is 1.82. The summed E-state index contributed by atoms with van der Waals surface area (Å²) in [5.74, 6) is 1.83. The summed E-state index contributed by atoms with van der Waals surface area (Å²) in [6.45, 7) is 1.06. The van der Waals surface area contributed by atoms with Crippen LogP contribution in [0.15, 0.2) is 12.1 Å². The molecule has 0 saturated carbocycles. The summed E-state index contributed by atoms with van der Waals surface area (Å²) < 4.78 is 15.9. The largest absolute Gasteiger partial charge is 0.493 e. The van der Waals surface area contributed by atoms with Gasteiger partial charge in [0.05, 0.1) is 12.1 Å². The maximum atomic E-state index is 5.91. The Hall–Kier alpha value is -1.09. The Balaban J connectivity index is 2.52. The van der Waals surface area contributed by atoms with E-state index in [9.17, 15) is 0 Å². The molecule has 1 aromatic carbocycles. The minimum atomic E-state index is 0.528. The lowest BCUT2D eigenvalue weighted by molar-refractivity contribution is 0.165. The van der Waals surface area contributed by atoms with Gasteiger partial charge in [-0.3, -0.25) is 0 Å². The quantitative estimate of drug-likeness (QED) is 0.695. The number of hydrogen-bond acceptors (Lipinski definition) is 3. The van der Waals surface area contributed by atoms with Crippen LogP contribution in [0.25, 0.3) is 0 Å². The van der Waals surface area contributed by atoms with Crippen molar-refractivity contribution in [1.29, 1.82) is 0 Å². The van der Waals surface area contributed by atoms with Crippen LogP contribution < -0.4 is 14.2 Å². The van der Waals surface area contributed by atoms with Crippen molar-refractivity contribution in [1.82, 2.24) is 0 Å². The van der Waals surface area contributed by atoms with Crippen LogP contribution in [0, 0.1) is 0 Å². The van der Waals surface area contributed by atoms with E-state index in [-0.39, 0.29) is 0 Å². The van der Waals surface area contributed by atoms with Gasteiger partial charge < -0.3 is 14.2 Å². The van der Waals surface area contributed by atoms with Crippen LogP contribution in [0.3, 0.4) is 0 Å². The van der Waals surface area contributed by atoms with E-state index < -0.39 is 0 Å². The number of fused-ring (bicyclic) bond motifs is 1. The standard InChI is InChI=1S/C9H9ClO3/c1-11-7-3-2-6(10)8-9(7)13-5-4-12-8/h2-3H,4-5H2,1H3. The minimum Gasteiger partial charge on any atom is -0.493 e. The van der Waals surface area contributed by atoms with Crippen molar-refractivity contribution in [3.63, 3.8) is 0 Å². The van der Waals surface area contributed by atoms with Crippen LogP contribution in [0.4, 0.5) is 0 Å². The molecule has 0 unspecified atom stereocenters. The number of benzene rings is 1. The highest BCUT2D eigenvalue weighted by molar-refractivity contribution is 6.32. The molecule has 0 aromatic heterocycles. The Morgan fingerprint density at radius 1 is 1.23 bits per heavy atom. The minimum absolute atomic E-state index is 0.528. The van der Waals surface area contributed by atoms with Crippen molar-refractivity contribution in [2.75, 3.05) is 20.3 Å². The molecule has 0 N–H and O–H groups in total. The zero-order chi connectivity index (χ0) is 9.26.